The number of hydrogen-bond donors (Lipinski definition) is 0. The molecule has 0 amide bonds. The van der Waals surface area contributed by atoms with E-state index in [9.17, 15) is 0 Å². The molecule has 0 saturated heterocycles. The summed E-state index contributed by atoms with van der Waals surface area (Å²) in [6.07, 6.45) is 8.50. The fourth-order valence-corrected chi connectivity index (χ4v) is 2.15. The maximum Gasteiger partial charge on any atom is 0.0601 e. The molecule has 0 aromatic rings. The van der Waals surface area contributed by atoms with Crippen LogP contribution in [0, 0.1) is 11.8 Å². The molecule has 0 spiro atoms. The Hall–Kier alpha value is -0.0400. The van der Waals surface area contributed by atoms with E-state index in [1.54, 1.807) is 0 Å². The number of ether oxygens (including phenoxy) is 1. The van der Waals surface area contributed by atoms with Gasteiger partial charge >= 0.3 is 0 Å². The average molecular weight is 242 g/mol. The third kappa shape index (κ3) is 7.81. The van der Waals surface area contributed by atoms with Crippen LogP contribution in [0.25, 0.3) is 0 Å². The van der Waals surface area contributed by atoms with Crippen LogP contribution in [0.5, 0.6) is 0 Å². The molecule has 17 heavy (non-hydrogen) atoms. The van der Waals surface area contributed by atoms with Crippen LogP contribution in [0.2, 0.25) is 0 Å². The Bertz CT molecular complexity index is 145. The van der Waals surface area contributed by atoms with Gasteiger partial charge in [-0.25, -0.2) is 0 Å². The van der Waals surface area contributed by atoms with Crippen LogP contribution < -0.4 is 0 Å². The first-order chi connectivity index (χ1) is 8.02. The first kappa shape index (κ1) is 17.0. The van der Waals surface area contributed by atoms with Crippen molar-refractivity contribution in [2.24, 2.45) is 11.8 Å². The van der Waals surface area contributed by atoms with Crippen molar-refractivity contribution in [2.75, 3.05) is 0 Å². The quantitative estimate of drug-likeness (QED) is 0.496. The van der Waals surface area contributed by atoms with Crippen LogP contribution in [0.3, 0.4) is 0 Å². The van der Waals surface area contributed by atoms with Crippen molar-refractivity contribution in [1.82, 2.24) is 0 Å². The Morgan fingerprint density at radius 1 is 0.706 bits per heavy atom. The van der Waals surface area contributed by atoms with Gasteiger partial charge in [-0.05, 0) is 24.7 Å². The highest BCUT2D eigenvalue weighted by molar-refractivity contribution is 4.69. The molecular formula is C16H34O. The second-order valence-electron chi connectivity index (χ2n) is 5.99. The molecule has 0 heterocycles. The highest BCUT2D eigenvalue weighted by Crippen LogP contribution is 2.22. The summed E-state index contributed by atoms with van der Waals surface area (Å²) in [4.78, 5) is 0. The van der Waals surface area contributed by atoms with Gasteiger partial charge in [-0.15, -0.1) is 0 Å². The van der Waals surface area contributed by atoms with E-state index in [1.165, 1.54) is 38.5 Å². The van der Waals surface area contributed by atoms with Crippen LogP contribution in [0.4, 0.5) is 0 Å². The highest BCUT2D eigenvalue weighted by atomic mass is 16.5. The zero-order valence-electron chi connectivity index (χ0n) is 13.0. The van der Waals surface area contributed by atoms with Gasteiger partial charge in [0.2, 0.25) is 0 Å². The molecule has 2 atom stereocenters. The van der Waals surface area contributed by atoms with Crippen LogP contribution in [-0.2, 0) is 4.74 Å². The molecule has 1 nitrogen and oxygen atoms in total. The monoisotopic (exact) mass is 242 g/mol. The minimum absolute atomic E-state index is 0.458. The highest BCUT2D eigenvalue weighted by Gasteiger charge is 2.21. The normalized spacial score (nSPS) is 15.5. The minimum Gasteiger partial charge on any atom is -0.374 e. The zero-order chi connectivity index (χ0) is 13.3. The minimum atomic E-state index is 0.458. The second kappa shape index (κ2) is 9.94. The third-order valence-electron chi connectivity index (χ3n) is 3.52. The van der Waals surface area contributed by atoms with Crippen molar-refractivity contribution in [3.05, 3.63) is 0 Å². The van der Waals surface area contributed by atoms with Crippen LogP contribution in [-0.4, -0.2) is 12.2 Å². The van der Waals surface area contributed by atoms with E-state index in [0.717, 1.165) is 0 Å². The lowest BCUT2D eigenvalue weighted by Crippen LogP contribution is -2.30. The van der Waals surface area contributed by atoms with Crippen molar-refractivity contribution >= 4 is 0 Å². The van der Waals surface area contributed by atoms with Gasteiger partial charge in [0.15, 0.2) is 0 Å². The summed E-state index contributed by atoms with van der Waals surface area (Å²) in [5.74, 6) is 1.29. The molecule has 1 heteroatoms. The summed E-state index contributed by atoms with van der Waals surface area (Å²) in [6.45, 7) is 13.7. The van der Waals surface area contributed by atoms with E-state index in [2.05, 4.69) is 41.5 Å². The smallest absolute Gasteiger partial charge is 0.0601 e. The molecule has 0 aromatic heterocycles. The van der Waals surface area contributed by atoms with Crippen LogP contribution in [0.15, 0.2) is 0 Å². The molecule has 0 saturated carbocycles. The Morgan fingerprint density at radius 3 is 1.29 bits per heavy atom. The maximum absolute atomic E-state index is 6.38. The molecule has 0 fully saturated rings. The molecule has 0 aliphatic carbocycles. The number of unbranched alkanes of at least 4 members (excludes halogenated alkanes) is 2. The third-order valence-corrected chi connectivity index (χ3v) is 3.52. The van der Waals surface area contributed by atoms with E-state index in [0.29, 0.717) is 24.0 Å². The molecule has 0 aliphatic heterocycles. The van der Waals surface area contributed by atoms with Crippen LogP contribution >= 0.6 is 0 Å². The Morgan fingerprint density at radius 2 is 1.06 bits per heavy atom. The molecule has 2 unspecified atom stereocenters. The van der Waals surface area contributed by atoms with E-state index in [-0.39, 0.29) is 0 Å². The predicted molar refractivity (Wildman–Crippen MR) is 77.4 cm³/mol. The van der Waals surface area contributed by atoms with Gasteiger partial charge in [-0.3, -0.25) is 0 Å². The lowest BCUT2D eigenvalue weighted by Gasteiger charge is -2.30. The van der Waals surface area contributed by atoms with Crippen LogP contribution in [0.1, 0.15) is 80.1 Å². The van der Waals surface area contributed by atoms with E-state index in [1.807, 2.05) is 0 Å². The van der Waals surface area contributed by atoms with Gasteiger partial charge in [0.25, 0.3) is 0 Å². The Labute approximate surface area is 109 Å². The van der Waals surface area contributed by atoms with Crippen molar-refractivity contribution in [1.29, 1.82) is 0 Å². The molecular weight excluding hydrogens is 208 g/mol. The predicted octanol–water partition coefficient (Wildman–Crippen LogP) is 5.43. The van der Waals surface area contributed by atoms with Crippen molar-refractivity contribution < 1.29 is 4.74 Å². The molecule has 0 N–H and O–H groups in total. The first-order valence-corrected chi connectivity index (χ1v) is 7.68. The molecule has 0 aromatic carbocycles. The summed E-state index contributed by atoms with van der Waals surface area (Å²) in [6, 6.07) is 0. The van der Waals surface area contributed by atoms with Gasteiger partial charge in [-0.2, -0.15) is 0 Å². The van der Waals surface area contributed by atoms with Gasteiger partial charge < -0.3 is 4.74 Å². The van der Waals surface area contributed by atoms with E-state index >= 15 is 0 Å². The van der Waals surface area contributed by atoms with E-state index in [4.69, 9.17) is 4.74 Å². The Balaban J connectivity index is 4.23. The largest absolute Gasteiger partial charge is 0.374 e. The van der Waals surface area contributed by atoms with Gasteiger partial charge in [0.1, 0.15) is 0 Å². The lowest BCUT2D eigenvalue weighted by atomic mass is 9.97. The van der Waals surface area contributed by atoms with Crippen molar-refractivity contribution in [2.45, 2.75) is 92.3 Å². The SMILES string of the molecule is CCCCC(OC(CCCC)C(C)C)C(C)C. The molecule has 104 valence electrons. The summed E-state index contributed by atoms with van der Waals surface area (Å²) < 4.78 is 6.38. The van der Waals surface area contributed by atoms with Gasteiger partial charge in [-0.1, -0.05) is 67.2 Å². The second-order valence-corrected chi connectivity index (χ2v) is 5.99. The average Bonchev–Trinajstić information content (AvgIpc) is 2.27. The fourth-order valence-electron chi connectivity index (χ4n) is 2.15. The molecule has 0 radical (unpaired) electrons. The van der Waals surface area contributed by atoms with E-state index < -0.39 is 0 Å². The summed E-state index contributed by atoms with van der Waals surface area (Å²) in [5, 5.41) is 0. The topological polar surface area (TPSA) is 9.23 Å². The fraction of sp³-hybridized carbons (Fsp3) is 1.00. The summed E-state index contributed by atoms with van der Waals surface area (Å²) >= 11 is 0. The van der Waals surface area contributed by atoms with Crippen molar-refractivity contribution in [3.8, 4) is 0 Å². The molecule has 0 rings (SSSR count). The first-order valence-electron chi connectivity index (χ1n) is 7.68. The summed E-state index contributed by atoms with van der Waals surface area (Å²) in [7, 11) is 0. The maximum atomic E-state index is 6.38. The standard InChI is InChI=1S/C16H34O/c1-7-9-11-15(13(3)4)17-16(14(5)6)12-10-8-2/h13-16H,7-12H2,1-6H3. The zero-order valence-corrected chi connectivity index (χ0v) is 13.0. The number of rotatable bonds is 10. The van der Waals surface area contributed by atoms with Gasteiger partial charge in [0.05, 0.1) is 12.2 Å². The Kier molecular flexibility index (Phi) is 9.91. The molecule has 0 aliphatic rings. The van der Waals surface area contributed by atoms with Gasteiger partial charge in [0, 0.05) is 0 Å². The lowest BCUT2D eigenvalue weighted by molar-refractivity contribution is -0.0647. The molecule has 0 bridgehead atoms. The van der Waals surface area contributed by atoms with Crippen molar-refractivity contribution in [3.63, 3.8) is 0 Å². The summed E-state index contributed by atoms with van der Waals surface area (Å²) in [5.41, 5.74) is 0. The number of hydrogen-bond acceptors (Lipinski definition) is 1.